The van der Waals surface area contributed by atoms with Crippen LogP contribution in [0.3, 0.4) is 0 Å². The Morgan fingerprint density at radius 2 is 2.25 bits per heavy atom. The van der Waals surface area contributed by atoms with Gasteiger partial charge in [0.15, 0.2) is 11.5 Å². The number of imidazole rings is 1. The molecular formula is C14H17N3O3. The molecule has 3 rings (SSSR count). The van der Waals surface area contributed by atoms with Crippen molar-refractivity contribution in [2.45, 2.75) is 6.54 Å². The zero-order valence-electron chi connectivity index (χ0n) is 11.3. The Morgan fingerprint density at radius 1 is 1.35 bits per heavy atom. The standard InChI is InChI=1S/C14H17N3O3/c1-17-9-16-8-11(17)7-15-4-5-18-12-2-3-13-14(6-12)20-10-19-13/h2-3,6,8-9,15H,4-5,7,10H2,1H3. The molecule has 0 atom stereocenters. The molecule has 1 aliphatic heterocycles. The molecule has 0 saturated heterocycles. The minimum Gasteiger partial charge on any atom is -0.492 e. The molecule has 0 amide bonds. The quantitative estimate of drug-likeness (QED) is 0.806. The lowest BCUT2D eigenvalue weighted by Gasteiger charge is -2.08. The van der Waals surface area contributed by atoms with Gasteiger partial charge in [0.1, 0.15) is 12.4 Å². The molecule has 2 aromatic rings. The molecule has 6 heteroatoms. The van der Waals surface area contributed by atoms with Crippen molar-refractivity contribution < 1.29 is 14.2 Å². The summed E-state index contributed by atoms with van der Waals surface area (Å²) >= 11 is 0. The van der Waals surface area contributed by atoms with E-state index in [2.05, 4.69) is 10.3 Å². The normalized spacial score (nSPS) is 12.7. The van der Waals surface area contributed by atoms with Gasteiger partial charge in [-0.05, 0) is 12.1 Å². The Labute approximate surface area is 117 Å². The smallest absolute Gasteiger partial charge is 0.231 e. The maximum absolute atomic E-state index is 5.66. The minimum absolute atomic E-state index is 0.283. The van der Waals surface area contributed by atoms with Gasteiger partial charge in [-0.25, -0.2) is 4.98 Å². The van der Waals surface area contributed by atoms with E-state index < -0.39 is 0 Å². The predicted octanol–water partition coefficient (Wildman–Crippen LogP) is 1.32. The summed E-state index contributed by atoms with van der Waals surface area (Å²) in [5, 5.41) is 3.31. The fourth-order valence-corrected chi connectivity index (χ4v) is 1.98. The van der Waals surface area contributed by atoms with Crippen LogP contribution in [0.4, 0.5) is 0 Å². The van der Waals surface area contributed by atoms with Crippen molar-refractivity contribution in [3.63, 3.8) is 0 Å². The largest absolute Gasteiger partial charge is 0.492 e. The number of aromatic nitrogens is 2. The fourth-order valence-electron chi connectivity index (χ4n) is 1.98. The van der Waals surface area contributed by atoms with E-state index >= 15 is 0 Å². The van der Waals surface area contributed by atoms with Gasteiger partial charge in [-0.15, -0.1) is 0 Å². The summed E-state index contributed by atoms with van der Waals surface area (Å²) in [5.74, 6) is 2.30. The summed E-state index contributed by atoms with van der Waals surface area (Å²) < 4.78 is 18.2. The van der Waals surface area contributed by atoms with Crippen molar-refractivity contribution in [3.8, 4) is 17.2 Å². The highest BCUT2D eigenvalue weighted by molar-refractivity contribution is 5.46. The Morgan fingerprint density at radius 3 is 3.10 bits per heavy atom. The molecule has 0 unspecified atom stereocenters. The van der Waals surface area contributed by atoms with Gasteiger partial charge in [0.05, 0.1) is 12.0 Å². The number of hydrogen-bond acceptors (Lipinski definition) is 5. The third-order valence-corrected chi connectivity index (χ3v) is 3.11. The molecule has 6 nitrogen and oxygen atoms in total. The highest BCUT2D eigenvalue weighted by Gasteiger charge is 2.13. The summed E-state index contributed by atoms with van der Waals surface area (Å²) in [6.45, 7) is 2.42. The molecule has 0 saturated carbocycles. The molecule has 20 heavy (non-hydrogen) atoms. The van der Waals surface area contributed by atoms with Crippen LogP contribution >= 0.6 is 0 Å². The van der Waals surface area contributed by atoms with Crippen LogP contribution in [0.2, 0.25) is 0 Å². The van der Waals surface area contributed by atoms with Crippen molar-refractivity contribution in [1.29, 1.82) is 0 Å². The second-order valence-corrected chi connectivity index (χ2v) is 4.54. The number of fused-ring (bicyclic) bond motifs is 1. The zero-order chi connectivity index (χ0) is 13.8. The first-order valence-corrected chi connectivity index (χ1v) is 6.51. The van der Waals surface area contributed by atoms with Crippen molar-refractivity contribution >= 4 is 0 Å². The van der Waals surface area contributed by atoms with Gasteiger partial charge >= 0.3 is 0 Å². The molecule has 0 aliphatic carbocycles. The van der Waals surface area contributed by atoms with Crippen LogP contribution in [0.5, 0.6) is 17.2 Å². The molecule has 2 heterocycles. The molecule has 0 fully saturated rings. The van der Waals surface area contributed by atoms with Gasteiger partial charge in [-0.2, -0.15) is 0 Å². The minimum atomic E-state index is 0.283. The summed E-state index contributed by atoms with van der Waals surface area (Å²) in [6.07, 6.45) is 3.64. The zero-order valence-corrected chi connectivity index (χ0v) is 11.3. The van der Waals surface area contributed by atoms with Crippen molar-refractivity contribution in [2.75, 3.05) is 19.9 Å². The van der Waals surface area contributed by atoms with E-state index in [1.54, 1.807) is 6.33 Å². The fraction of sp³-hybridized carbons (Fsp3) is 0.357. The van der Waals surface area contributed by atoms with Crippen molar-refractivity contribution in [1.82, 2.24) is 14.9 Å². The summed E-state index contributed by atoms with van der Waals surface area (Å²) in [4.78, 5) is 4.07. The second-order valence-electron chi connectivity index (χ2n) is 4.54. The Kier molecular flexibility index (Phi) is 3.73. The first-order chi connectivity index (χ1) is 9.83. The van der Waals surface area contributed by atoms with Crippen LogP contribution < -0.4 is 19.5 Å². The van der Waals surface area contributed by atoms with E-state index in [1.165, 1.54) is 0 Å². The lowest BCUT2D eigenvalue weighted by Crippen LogP contribution is -2.21. The molecule has 1 aliphatic rings. The summed E-state index contributed by atoms with van der Waals surface area (Å²) in [7, 11) is 1.98. The predicted molar refractivity (Wildman–Crippen MR) is 73.0 cm³/mol. The van der Waals surface area contributed by atoms with Crippen LogP contribution in [0.15, 0.2) is 30.7 Å². The van der Waals surface area contributed by atoms with Gasteiger partial charge in [-0.1, -0.05) is 0 Å². The molecule has 1 N–H and O–H groups in total. The van der Waals surface area contributed by atoms with Gasteiger partial charge in [0.25, 0.3) is 0 Å². The molecule has 0 radical (unpaired) electrons. The number of ether oxygens (including phenoxy) is 3. The monoisotopic (exact) mass is 275 g/mol. The molecular weight excluding hydrogens is 258 g/mol. The first-order valence-electron chi connectivity index (χ1n) is 6.51. The molecule has 106 valence electrons. The molecule has 0 bridgehead atoms. The van der Waals surface area contributed by atoms with Gasteiger partial charge < -0.3 is 24.1 Å². The van der Waals surface area contributed by atoms with Crippen LogP contribution in [0, 0.1) is 0 Å². The van der Waals surface area contributed by atoms with Crippen LogP contribution in [0.25, 0.3) is 0 Å². The third kappa shape index (κ3) is 2.85. The Balaban J connectivity index is 1.41. The summed E-state index contributed by atoms with van der Waals surface area (Å²) in [5.41, 5.74) is 1.15. The van der Waals surface area contributed by atoms with Crippen molar-refractivity contribution in [3.05, 3.63) is 36.4 Å². The third-order valence-electron chi connectivity index (χ3n) is 3.11. The number of hydrogen-bond donors (Lipinski definition) is 1. The summed E-state index contributed by atoms with van der Waals surface area (Å²) in [6, 6.07) is 5.60. The topological polar surface area (TPSA) is 57.5 Å². The van der Waals surface area contributed by atoms with E-state index in [4.69, 9.17) is 14.2 Å². The van der Waals surface area contributed by atoms with E-state index in [-0.39, 0.29) is 6.79 Å². The first kappa shape index (κ1) is 12.8. The van der Waals surface area contributed by atoms with Crippen LogP contribution in [0.1, 0.15) is 5.69 Å². The van der Waals surface area contributed by atoms with Gasteiger partial charge in [-0.3, -0.25) is 0 Å². The molecule has 1 aromatic heterocycles. The number of nitrogens with zero attached hydrogens (tertiary/aromatic N) is 2. The van der Waals surface area contributed by atoms with E-state index in [0.717, 1.165) is 36.0 Å². The average molecular weight is 275 g/mol. The SMILES string of the molecule is Cn1cncc1CNCCOc1ccc2c(c1)OCO2. The van der Waals surface area contributed by atoms with E-state index in [0.29, 0.717) is 6.61 Å². The molecule has 1 aromatic carbocycles. The Hall–Kier alpha value is -2.21. The van der Waals surface area contributed by atoms with Gasteiger partial charge in [0, 0.05) is 32.4 Å². The highest BCUT2D eigenvalue weighted by atomic mass is 16.7. The van der Waals surface area contributed by atoms with Gasteiger partial charge in [0.2, 0.25) is 6.79 Å². The highest BCUT2D eigenvalue weighted by Crippen LogP contribution is 2.34. The maximum Gasteiger partial charge on any atom is 0.231 e. The number of nitrogens with one attached hydrogen (secondary N) is 1. The molecule has 0 spiro atoms. The number of aryl methyl sites for hydroxylation is 1. The van der Waals surface area contributed by atoms with Crippen LogP contribution in [-0.4, -0.2) is 29.5 Å². The second kappa shape index (κ2) is 5.83. The van der Waals surface area contributed by atoms with Crippen LogP contribution in [-0.2, 0) is 13.6 Å². The Bertz CT molecular complexity index is 583. The number of benzene rings is 1. The van der Waals surface area contributed by atoms with E-state index in [9.17, 15) is 0 Å². The average Bonchev–Trinajstić information content (AvgIpc) is 3.07. The van der Waals surface area contributed by atoms with Crippen molar-refractivity contribution in [2.24, 2.45) is 7.05 Å². The van der Waals surface area contributed by atoms with E-state index in [1.807, 2.05) is 36.0 Å². The number of rotatable bonds is 6. The lowest BCUT2D eigenvalue weighted by atomic mass is 10.3. The lowest BCUT2D eigenvalue weighted by molar-refractivity contribution is 0.173. The maximum atomic E-state index is 5.66.